The van der Waals surface area contributed by atoms with Crippen molar-refractivity contribution >= 4 is 17.4 Å². The van der Waals surface area contributed by atoms with Crippen LogP contribution in [0, 0.1) is 0 Å². The largest absolute Gasteiger partial charge is 0.395 e. The molecule has 0 saturated carbocycles. The highest BCUT2D eigenvalue weighted by molar-refractivity contribution is 6.05. The molecule has 0 unspecified atom stereocenters. The number of aliphatic hydroxyl groups excluding tert-OH is 1. The SMILES string of the molecule is CCC(=O)CC(=O)N(CCO)c1ccccc1. The fraction of sp³-hybridized carbons (Fsp3) is 0.385. The van der Waals surface area contributed by atoms with Gasteiger partial charge in [0.2, 0.25) is 5.91 Å². The number of carbonyl (C=O) groups excluding carboxylic acids is 2. The Labute approximate surface area is 101 Å². The Bertz CT molecular complexity index is 376. The average Bonchev–Trinajstić information content (AvgIpc) is 2.36. The summed E-state index contributed by atoms with van der Waals surface area (Å²) in [4.78, 5) is 24.6. The summed E-state index contributed by atoms with van der Waals surface area (Å²) in [6.07, 6.45) is 0.249. The van der Waals surface area contributed by atoms with Gasteiger partial charge in [0.15, 0.2) is 0 Å². The highest BCUT2D eigenvalue weighted by Gasteiger charge is 2.17. The maximum absolute atomic E-state index is 11.9. The zero-order chi connectivity index (χ0) is 12.7. The Morgan fingerprint density at radius 3 is 2.41 bits per heavy atom. The van der Waals surface area contributed by atoms with Crippen molar-refractivity contribution in [1.29, 1.82) is 0 Å². The number of hydrogen-bond donors (Lipinski definition) is 1. The molecule has 0 aromatic heterocycles. The second-order valence-electron chi connectivity index (χ2n) is 3.67. The number of anilines is 1. The maximum Gasteiger partial charge on any atom is 0.234 e. The van der Waals surface area contributed by atoms with Crippen LogP contribution in [-0.2, 0) is 9.59 Å². The molecule has 0 aliphatic heterocycles. The summed E-state index contributed by atoms with van der Waals surface area (Å²) in [5, 5.41) is 8.96. The van der Waals surface area contributed by atoms with Gasteiger partial charge in [-0.05, 0) is 12.1 Å². The lowest BCUT2D eigenvalue weighted by Crippen LogP contribution is -2.34. The van der Waals surface area contributed by atoms with Gasteiger partial charge in [-0.15, -0.1) is 0 Å². The van der Waals surface area contributed by atoms with Crippen molar-refractivity contribution < 1.29 is 14.7 Å². The summed E-state index contributed by atoms with van der Waals surface area (Å²) in [5.74, 6) is -0.356. The average molecular weight is 235 g/mol. The molecule has 1 aromatic rings. The lowest BCUT2D eigenvalue weighted by Gasteiger charge is -2.21. The summed E-state index contributed by atoms with van der Waals surface area (Å²) in [7, 11) is 0. The summed E-state index contributed by atoms with van der Waals surface area (Å²) in [5.41, 5.74) is 0.704. The van der Waals surface area contributed by atoms with Crippen LogP contribution in [0.5, 0.6) is 0 Å². The van der Waals surface area contributed by atoms with Crippen molar-refractivity contribution in [3.8, 4) is 0 Å². The first kappa shape index (κ1) is 13.4. The van der Waals surface area contributed by atoms with Crippen LogP contribution in [0.2, 0.25) is 0 Å². The smallest absolute Gasteiger partial charge is 0.234 e. The summed E-state index contributed by atoms with van der Waals surface area (Å²) in [6, 6.07) is 9.04. The van der Waals surface area contributed by atoms with E-state index in [9.17, 15) is 9.59 Å². The van der Waals surface area contributed by atoms with Gasteiger partial charge < -0.3 is 10.0 Å². The molecule has 1 N–H and O–H groups in total. The molecule has 1 aromatic carbocycles. The van der Waals surface area contributed by atoms with Crippen LogP contribution >= 0.6 is 0 Å². The quantitative estimate of drug-likeness (QED) is 0.758. The van der Waals surface area contributed by atoms with Crippen LogP contribution in [0.15, 0.2) is 30.3 Å². The Morgan fingerprint density at radius 2 is 1.88 bits per heavy atom. The molecular formula is C13H17NO3. The van der Waals surface area contributed by atoms with Crippen LogP contribution in [0.3, 0.4) is 0 Å². The minimum atomic E-state index is -0.267. The van der Waals surface area contributed by atoms with E-state index in [1.807, 2.05) is 18.2 Å². The Hall–Kier alpha value is -1.68. The zero-order valence-electron chi connectivity index (χ0n) is 9.93. The van der Waals surface area contributed by atoms with E-state index in [1.54, 1.807) is 19.1 Å². The summed E-state index contributed by atoms with van der Waals surface area (Å²) >= 11 is 0. The van der Waals surface area contributed by atoms with Crippen molar-refractivity contribution in [3.63, 3.8) is 0 Å². The third-order valence-corrected chi connectivity index (χ3v) is 2.44. The van der Waals surface area contributed by atoms with Gasteiger partial charge in [-0.3, -0.25) is 9.59 Å². The monoisotopic (exact) mass is 235 g/mol. The van der Waals surface area contributed by atoms with Gasteiger partial charge in [0, 0.05) is 18.7 Å². The van der Waals surface area contributed by atoms with E-state index in [0.29, 0.717) is 12.1 Å². The number of carbonyl (C=O) groups is 2. The van der Waals surface area contributed by atoms with Crippen molar-refractivity contribution in [2.45, 2.75) is 19.8 Å². The normalized spacial score (nSPS) is 10.0. The van der Waals surface area contributed by atoms with E-state index < -0.39 is 0 Å². The number of nitrogens with zero attached hydrogens (tertiary/aromatic N) is 1. The van der Waals surface area contributed by atoms with Gasteiger partial charge in [0.25, 0.3) is 0 Å². The molecule has 0 atom stereocenters. The number of Topliss-reactive ketones (excluding diaryl/α,β-unsaturated/α-hetero) is 1. The fourth-order valence-corrected chi connectivity index (χ4v) is 1.49. The highest BCUT2D eigenvalue weighted by atomic mass is 16.3. The Morgan fingerprint density at radius 1 is 1.24 bits per heavy atom. The molecule has 0 aliphatic rings. The van der Waals surface area contributed by atoms with Gasteiger partial charge >= 0.3 is 0 Å². The number of amides is 1. The minimum absolute atomic E-state index is 0.0890. The number of benzene rings is 1. The predicted octanol–water partition coefficient (Wildman–Crippen LogP) is 1.38. The Kier molecular flexibility index (Phi) is 5.36. The van der Waals surface area contributed by atoms with E-state index in [2.05, 4.69) is 0 Å². The number of ketones is 1. The third kappa shape index (κ3) is 4.00. The zero-order valence-corrected chi connectivity index (χ0v) is 9.93. The topological polar surface area (TPSA) is 57.6 Å². The molecule has 17 heavy (non-hydrogen) atoms. The lowest BCUT2D eigenvalue weighted by molar-refractivity contribution is -0.126. The van der Waals surface area contributed by atoms with Gasteiger partial charge in [0.05, 0.1) is 13.0 Å². The van der Waals surface area contributed by atoms with Gasteiger partial charge in [-0.1, -0.05) is 25.1 Å². The van der Waals surface area contributed by atoms with Crippen molar-refractivity contribution in [2.24, 2.45) is 0 Å². The van der Waals surface area contributed by atoms with E-state index in [0.717, 1.165) is 0 Å². The van der Waals surface area contributed by atoms with E-state index in [1.165, 1.54) is 4.90 Å². The first-order valence-electron chi connectivity index (χ1n) is 5.67. The molecule has 0 aliphatic carbocycles. The van der Waals surface area contributed by atoms with E-state index in [-0.39, 0.29) is 31.3 Å². The lowest BCUT2D eigenvalue weighted by atomic mass is 10.2. The molecule has 4 nitrogen and oxygen atoms in total. The molecule has 1 rings (SSSR count). The number of rotatable bonds is 6. The van der Waals surface area contributed by atoms with Crippen LogP contribution in [0.4, 0.5) is 5.69 Å². The van der Waals surface area contributed by atoms with Crippen LogP contribution in [0.25, 0.3) is 0 Å². The molecule has 0 spiro atoms. The molecule has 0 fully saturated rings. The van der Waals surface area contributed by atoms with Gasteiger partial charge in [-0.2, -0.15) is 0 Å². The van der Waals surface area contributed by atoms with Crippen molar-refractivity contribution in [2.75, 3.05) is 18.1 Å². The first-order valence-corrected chi connectivity index (χ1v) is 5.67. The molecule has 0 saturated heterocycles. The molecule has 0 heterocycles. The third-order valence-electron chi connectivity index (χ3n) is 2.44. The number of para-hydroxylation sites is 1. The van der Waals surface area contributed by atoms with Crippen molar-refractivity contribution in [3.05, 3.63) is 30.3 Å². The van der Waals surface area contributed by atoms with Crippen LogP contribution < -0.4 is 4.90 Å². The van der Waals surface area contributed by atoms with Crippen LogP contribution in [-0.4, -0.2) is 29.9 Å². The maximum atomic E-state index is 11.9. The van der Waals surface area contributed by atoms with E-state index >= 15 is 0 Å². The van der Waals surface area contributed by atoms with E-state index in [4.69, 9.17) is 5.11 Å². The highest BCUT2D eigenvalue weighted by Crippen LogP contribution is 2.14. The molecule has 1 amide bonds. The van der Waals surface area contributed by atoms with Gasteiger partial charge in [-0.25, -0.2) is 0 Å². The van der Waals surface area contributed by atoms with Crippen LogP contribution in [0.1, 0.15) is 19.8 Å². The second-order valence-corrected chi connectivity index (χ2v) is 3.67. The second kappa shape index (κ2) is 6.81. The molecule has 0 radical (unpaired) electrons. The molecule has 4 heteroatoms. The molecule has 0 bridgehead atoms. The summed E-state index contributed by atoms with van der Waals surface area (Å²) < 4.78 is 0. The molecular weight excluding hydrogens is 218 g/mol. The standard InChI is InChI=1S/C13H17NO3/c1-2-12(16)10-13(17)14(8-9-15)11-6-4-3-5-7-11/h3-7,15H,2,8-10H2,1H3. The van der Waals surface area contributed by atoms with Crippen molar-refractivity contribution in [1.82, 2.24) is 0 Å². The fourth-order valence-electron chi connectivity index (χ4n) is 1.49. The molecule has 92 valence electrons. The number of hydrogen-bond acceptors (Lipinski definition) is 3. The predicted molar refractivity (Wildman–Crippen MR) is 65.8 cm³/mol. The summed E-state index contributed by atoms with van der Waals surface area (Å²) in [6.45, 7) is 1.81. The first-order chi connectivity index (χ1) is 8.19. The number of aliphatic hydroxyl groups is 1. The van der Waals surface area contributed by atoms with Gasteiger partial charge in [0.1, 0.15) is 5.78 Å². The minimum Gasteiger partial charge on any atom is -0.395 e. The Balaban J connectivity index is 2.79.